The van der Waals surface area contributed by atoms with E-state index in [2.05, 4.69) is 26.2 Å². The number of benzene rings is 1. The second kappa shape index (κ2) is 5.87. The topological polar surface area (TPSA) is 46.4 Å². The van der Waals surface area contributed by atoms with E-state index in [0.29, 0.717) is 17.3 Å². The predicted octanol–water partition coefficient (Wildman–Crippen LogP) is 3.68. The maximum absolute atomic E-state index is 12.0. The van der Waals surface area contributed by atoms with Crippen LogP contribution in [0.2, 0.25) is 5.15 Å². The van der Waals surface area contributed by atoms with E-state index in [1.54, 1.807) is 22.6 Å². The minimum Gasteiger partial charge on any atom is -0.346 e. The van der Waals surface area contributed by atoms with Gasteiger partial charge in [-0.1, -0.05) is 33.6 Å². The summed E-state index contributed by atoms with van der Waals surface area (Å²) in [6.07, 6.45) is 1.82. The summed E-state index contributed by atoms with van der Waals surface area (Å²) in [7, 11) is 0. The summed E-state index contributed by atoms with van der Waals surface area (Å²) in [6.45, 7) is 0.354. The van der Waals surface area contributed by atoms with Crippen LogP contribution >= 0.6 is 27.5 Å². The van der Waals surface area contributed by atoms with E-state index in [4.69, 9.17) is 11.6 Å². The Labute approximate surface area is 134 Å². The molecule has 0 aliphatic carbocycles. The van der Waals surface area contributed by atoms with Crippen molar-refractivity contribution >= 4 is 39.1 Å². The maximum Gasteiger partial charge on any atom is 0.251 e. The number of imidazole rings is 1. The van der Waals surface area contributed by atoms with Crippen molar-refractivity contribution in [3.05, 3.63) is 69.5 Å². The molecule has 1 amide bonds. The van der Waals surface area contributed by atoms with E-state index in [0.717, 1.165) is 15.8 Å². The van der Waals surface area contributed by atoms with Gasteiger partial charge in [-0.15, -0.1) is 0 Å². The molecule has 0 radical (unpaired) electrons. The summed E-state index contributed by atoms with van der Waals surface area (Å²) >= 11 is 9.41. The quantitative estimate of drug-likeness (QED) is 0.721. The second-order valence-electron chi connectivity index (χ2n) is 4.50. The number of hydrogen-bond acceptors (Lipinski definition) is 2. The molecule has 0 saturated heterocycles. The number of fused-ring (bicyclic) bond motifs is 1. The first-order valence-electron chi connectivity index (χ1n) is 6.30. The molecule has 0 saturated carbocycles. The van der Waals surface area contributed by atoms with Crippen LogP contribution in [0, 0.1) is 0 Å². The number of carbonyl (C=O) groups excluding carboxylic acids is 1. The van der Waals surface area contributed by atoms with Crippen molar-refractivity contribution in [2.45, 2.75) is 6.54 Å². The van der Waals surface area contributed by atoms with Gasteiger partial charge in [0.1, 0.15) is 10.8 Å². The molecule has 2 aromatic heterocycles. The number of nitrogens with one attached hydrogen (secondary N) is 1. The van der Waals surface area contributed by atoms with Gasteiger partial charge in [0.05, 0.1) is 12.2 Å². The number of aromatic nitrogens is 2. The Morgan fingerprint density at radius 2 is 2.00 bits per heavy atom. The Kier molecular flexibility index (Phi) is 3.94. The molecule has 0 fully saturated rings. The molecule has 0 unspecified atom stereocenters. The lowest BCUT2D eigenvalue weighted by Crippen LogP contribution is -2.22. The van der Waals surface area contributed by atoms with Crippen molar-refractivity contribution in [2.24, 2.45) is 0 Å². The molecule has 106 valence electrons. The number of carbonyl (C=O) groups is 1. The lowest BCUT2D eigenvalue weighted by molar-refractivity contribution is 0.0950. The zero-order valence-corrected chi connectivity index (χ0v) is 13.2. The van der Waals surface area contributed by atoms with Crippen LogP contribution in [0.5, 0.6) is 0 Å². The van der Waals surface area contributed by atoms with Gasteiger partial charge in [-0.25, -0.2) is 4.98 Å². The zero-order chi connectivity index (χ0) is 14.8. The summed E-state index contributed by atoms with van der Waals surface area (Å²) < 4.78 is 2.72. The Balaban J connectivity index is 1.72. The van der Waals surface area contributed by atoms with Crippen LogP contribution in [0.25, 0.3) is 5.65 Å². The monoisotopic (exact) mass is 363 g/mol. The highest BCUT2D eigenvalue weighted by Gasteiger charge is 2.08. The number of rotatable bonds is 3. The predicted molar refractivity (Wildman–Crippen MR) is 85.5 cm³/mol. The van der Waals surface area contributed by atoms with Crippen LogP contribution in [0.15, 0.2) is 53.1 Å². The average Bonchev–Trinajstić information content (AvgIpc) is 2.90. The summed E-state index contributed by atoms with van der Waals surface area (Å²) in [6, 6.07) is 12.7. The van der Waals surface area contributed by atoms with Crippen LogP contribution in [0.1, 0.15) is 16.1 Å². The number of nitrogens with zero attached hydrogens (tertiary/aromatic N) is 2. The summed E-state index contributed by atoms with van der Waals surface area (Å²) in [5.74, 6) is -0.134. The fraction of sp³-hybridized carbons (Fsp3) is 0.0667. The number of pyridine rings is 1. The van der Waals surface area contributed by atoms with Crippen molar-refractivity contribution < 1.29 is 4.79 Å². The van der Waals surface area contributed by atoms with E-state index >= 15 is 0 Å². The smallest absolute Gasteiger partial charge is 0.251 e. The van der Waals surface area contributed by atoms with Gasteiger partial charge in [0.15, 0.2) is 0 Å². The lowest BCUT2D eigenvalue weighted by atomic mass is 10.2. The Hall–Kier alpha value is -1.85. The minimum absolute atomic E-state index is 0.134. The zero-order valence-electron chi connectivity index (χ0n) is 10.9. The van der Waals surface area contributed by atoms with E-state index < -0.39 is 0 Å². The third-order valence-electron chi connectivity index (χ3n) is 3.03. The average molecular weight is 365 g/mol. The first-order chi connectivity index (χ1) is 10.1. The molecule has 0 aliphatic rings. The highest BCUT2D eigenvalue weighted by atomic mass is 79.9. The Bertz CT molecular complexity index is 798. The van der Waals surface area contributed by atoms with E-state index in [1.807, 2.05) is 30.5 Å². The molecule has 2 heterocycles. The molecular weight excluding hydrogens is 354 g/mol. The van der Waals surface area contributed by atoms with Crippen LogP contribution in [0.3, 0.4) is 0 Å². The molecular formula is C15H11BrClN3O. The second-order valence-corrected chi connectivity index (χ2v) is 5.80. The summed E-state index contributed by atoms with van der Waals surface area (Å²) in [4.78, 5) is 16.4. The SMILES string of the molecule is O=C(NCc1cn2c(Cl)cccc2n1)c1ccc(Br)cc1. The van der Waals surface area contributed by atoms with Gasteiger partial charge in [-0.2, -0.15) is 0 Å². The van der Waals surface area contributed by atoms with Gasteiger partial charge < -0.3 is 5.32 Å². The normalized spacial score (nSPS) is 10.8. The molecule has 0 bridgehead atoms. The van der Waals surface area contributed by atoms with Gasteiger partial charge in [0.25, 0.3) is 5.91 Å². The van der Waals surface area contributed by atoms with Gasteiger partial charge in [-0.3, -0.25) is 9.20 Å². The standard InChI is InChI=1S/C15H11BrClN3O/c16-11-6-4-10(5-7-11)15(21)18-8-12-9-20-13(17)2-1-3-14(20)19-12/h1-7,9H,8H2,(H,18,21). The van der Waals surface area contributed by atoms with Crippen LogP contribution in [-0.2, 0) is 6.54 Å². The third kappa shape index (κ3) is 3.09. The maximum atomic E-state index is 12.0. The molecule has 3 aromatic rings. The first-order valence-corrected chi connectivity index (χ1v) is 7.47. The molecule has 3 rings (SSSR count). The fourth-order valence-electron chi connectivity index (χ4n) is 1.99. The molecule has 0 atom stereocenters. The van der Waals surface area contributed by atoms with E-state index in [9.17, 15) is 4.79 Å². The minimum atomic E-state index is -0.134. The number of amides is 1. The van der Waals surface area contributed by atoms with Crippen molar-refractivity contribution in [2.75, 3.05) is 0 Å². The van der Waals surface area contributed by atoms with Crippen LogP contribution in [0.4, 0.5) is 0 Å². The summed E-state index contributed by atoms with van der Waals surface area (Å²) in [5.41, 5.74) is 2.13. The van der Waals surface area contributed by atoms with Gasteiger partial charge in [-0.05, 0) is 36.4 Å². The fourth-order valence-corrected chi connectivity index (χ4v) is 2.46. The van der Waals surface area contributed by atoms with Gasteiger partial charge >= 0.3 is 0 Å². The third-order valence-corrected chi connectivity index (χ3v) is 3.87. The van der Waals surface area contributed by atoms with Crippen molar-refractivity contribution in [1.82, 2.24) is 14.7 Å². The largest absolute Gasteiger partial charge is 0.346 e. The summed E-state index contributed by atoms with van der Waals surface area (Å²) in [5, 5.41) is 3.43. The molecule has 21 heavy (non-hydrogen) atoms. The molecule has 1 N–H and O–H groups in total. The highest BCUT2D eigenvalue weighted by molar-refractivity contribution is 9.10. The van der Waals surface area contributed by atoms with Crippen molar-refractivity contribution in [3.8, 4) is 0 Å². The van der Waals surface area contributed by atoms with Gasteiger partial charge in [0.2, 0.25) is 0 Å². The molecule has 0 spiro atoms. The highest BCUT2D eigenvalue weighted by Crippen LogP contribution is 2.14. The number of hydrogen-bond donors (Lipinski definition) is 1. The van der Waals surface area contributed by atoms with E-state index in [-0.39, 0.29) is 5.91 Å². The molecule has 1 aromatic carbocycles. The Morgan fingerprint density at radius 1 is 1.24 bits per heavy atom. The van der Waals surface area contributed by atoms with Crippen LogP contribution < -0.4 is 5.32 Å². The lowest BCUT2D eigenvalue weighted by Gasteiger charge is -2.03. The van der Waals surface area contributed by atoms with E-state index in [1.165, 1.54) is 0 Å². The first kappa shape index (κ1) is 14.1. The Morgan fingerprint density at radius 3 is 2.71 bits per heavy atom. The van der Waals surface area contributed by atoms with Gasteiger partial charge in [0, 0.05) is 16.2 Å². The van der Waals surface area contributed by atoms with Crippen LogP contribution in [-0.4, -0.2) is 15.3 Å². The number of halogens is 2. The molecule has 0 aliphatic heterocycles. The molecule has 4 nitrogen and oxygen atoms in total. The van der Waals surface area contributed by atoms with Crippen molar-refractivity contribution in [3.63, 3.8) is 0 Å². The van der Waals surface area contributed by atoms with Crippen molar-refractivity contribution in [1.29, 1.82) is 0 Å². The molecule has 6 heteroatoms.